The molecule has 0 aliphatic heterocycles. The molecular formula is C11H16N2O3S. The second kappa shape index (κ2) is 7.01. The van der Waals surface area contributed by atoms with Gasteiger partial charge >= 0.3 is 5.97 Å². The average molecular weight is 256 g/mol. The lowest BCUT2D eigenvalue weighted by atomic mass is 10.2. The molecule has 1 heterocycles. The summed E-state index contributed by atoms with van der Waals surface area (Å²) < 4.78 is 15.5. The molecule has 0 aliphatic carbocycles. The van der Waals surface area contributed by atoms with Crippen molar-refractivity contribution >= 4 is 22.6 Å². The van der Waals surface area contributed by atoms with Gasteiger partial charge in [-0.3, -0.25) is 4.21 Å². The van der Waals surface area contributed by atoms with Crippen LogP contribution in [0.25, 0.3) is 0 Å². The van der Waals surface area contributed by atoms with E-state index in [2.05, 4.69) is 15.0 Å². The Morgan fingerprint density at radius 3 is 3.00 bits per heavy atom. The van der Waals surface area contributed by atoms with Crippen molar-refractivity contribution in [1.29, 1.82) is 0 Å². The van der Waals surface area contributed by atoms with Crippen LogP contribution in [0.15, 0.2) is 18.3 Å². The lowest BCUT2D eigenvalue weighted by molar-refractivity contribution is 0.0600. The van der Waals surface area contributed by atoms with Crippen LogP contribution in [0.3, 0.4) is 0 Å². The average Bonchev–Trinajstić information content (AvgIpc) is 2.34. The summed E-state index contributed by atoms with van der Waals surface area (Å²) in [6.07, 6.45) is 4.02. The first-order valence-corrected chi connectivity index (χ1v) is 6.94. The Balaban J connectivity index is 2.48. The SMILES string of the molecule is COC(=O)c1ccnc(NCCCS(C)=O)c1. The number of hydrogen-bond acceptors (Lipinski definition) is 5. The number of carbonyl (C=O) groups is 1. The van der Waals surface area contributed by atoms with Gasteiger partial charge < -0.3 is 10.1 Å². The predicted molar refractivity (Wildman–Crippen MR) is 67.6 cm³/mol. The largest absolute Gasteiger partial charge is 0.465 e. The minimum absolute atomic E-state index is 0.384. The summed E-state index contributed by atoms with van der Waals surface area (Å²) in [5, 5.41) is 3.07. The third-order valence-electron chi connectivity index (χ3n) is 2.10. The fourth-order valence-corrected chi connectivity index (χ4v) is 1.81. The van der Waals surface area contributed by atoms with Crippen molar-refractivity contribution in [2.75, 3.05) is 31.0 Å². The molecule has 0 saturated carbocycles. The van der Waals surface area contributed by atoms with Gasteiger partial charge in [-0.2, -0.15) is 0 Å². The molecule has 1 rings (SSSR count). The molecule has 6 heteroatoms. The number of ether oxygens (including phenoxy) is 1. The molecule has 5 nitrogen and oxygen atoms in total. The van der Waals surface area contributed by atoms with E-state index in [-0.39, 0.29) is 5.97 Å². The highest BCUT2D eigenvalue weighted by molar-refractivity contribution is 7.84. The van der Waals surface area contributed by atoms with Gasteiger partial charge in [0.1, 0.15) is 5.82 Å². The first kappa shape index (κ1) is 13.6. The highest BCUT2D eigenvalue weighted by atomic mass is 32.2. The Bertz CT molecular complexity index is 409. The highest BCUT2D eigenvalue weighted by Crippen LogP contribution is 2.07. The molecule has 1 aromatic rings. The maximum Gasteiger partial charge on any atom is 0.338 e. The maximum absolute atomic E-state index is 11.3. The van der Waals surface area contributed by atoms with Crippen LogP contribution in [0.4, 0.5) is 5.82 Å². The molecule has 1 unspecified atom stereocenters. The summed E-state index contributed by atoms with van der Waals surface area (Å²) in [4.78, 5) is 15.3. The Hall–Kier alpha value is -1.43. The quantitative estimate of drug-likeness (QED) is 0.608. The molecule has 0 aromatic carbocycles. The third-order valence-corrected chi connectivity index (χ3v) is 2.96. The maximum atomic E-state index is 11.3. The Morgan fingerprint density at radius 1 is 1.59 bits per heavy atom. The number of carbonyl (C=O) groups excluding carboxylic acids is 1. The summed E-state index contributed by atoms with van der Waals surface area (Å²) in [5.41, 5.74) is 0.462. The van der Waals surface area contributed by atoms with Crippen molar-refractivity contribution in [3.05, 3.63) is 23.9 Å². The van der Waals surface area contributed by atoms with Crippen molar-refractivity contribution in [2.45, 2.75) is 6.42 Å². The van der Waals surface area contributed by atoms with E-state index in [4.69, 9.17) is 0 Å². The van der Waals surface area contributed by atoms with Crippen LogP contribution in [-0.2, 0) is 15.5 Å². The van der Waals surface area contributed by atoms with Gasteiger partial charge in [-0.1, -0.05) is 0 Å². The number of hydrogen-bond donors (Lipinski definition) is 1. The van der Waals surface area contributed by atoms with Crippen LogP contribution in [0, 0.1) is 0 Å². The van der Waals surface area contributed by atoms with Gasteiger partial charge in [-0.25, -0.2) is 9.78 Å². The molecule has 0 radical (unpaired) electrons. The third kappa shape index (κ3) is 4.95. The van der Waals surface area contributed by atoms with Crippen molar-refractivity contribution < 1.29 is 13.7 Å². The summed E-state index contributed by atoms with van der Waals surface area (Å²) >= 11 is 0. The number of anilines is 1. The van der Waals surface area contributed by atoms with Crippen molar-refractivity contribution in [1.82, 2.24) is 4.98 Å². The molecule has 1 aromatic heterocycles. The molecule has 0 fully saturated rings. The predicted octanol–water partition coefficient (Wildman–Crippen LogP) is 1.05. The number of methoxy groups -OCH3 is 1. The number of rotatable bonds is 6. The Kier molecular flexibility index (Phi) is 5.62. The van der Waals surface area contributed by atoms with Gasteiger partial charge in [-0.05, 0) is 18.6 Å². The van der Waals surface area contributed by atoms with Gasteiger partial charge in [0.05, 0.1) is 12.7 Å². The van der Waals surface area contributed by atoms with Gasteiger partial charge in [0.25, 0.3) is 0 Å². The van der Waals surface area contributed by atoms with Crippen molar-refractivity contribution in [2.24, 2.45) is 0 Å². The summed E-state index contributed by atoms with van der Waals surface area (Å²) in [6.45, 7) is 0.678. The van der Waals surface area contributed by atoms with E-state index >= 15 is 0 Å². The van der Waals surface area contributed by atoms with Gasteiger partial charge in [0, 0.05) is 35.5 Å². The Morgan fingerprint density at radius 2 is 2.35 bits per heavy atom. The zero-order valence-corrected chi connectivity index (χ0v) is 10.8. The molecule has 94 valence electrons. The standard InChI is InChI=1S/C11H16N2O3S/c1-16-11(14)9-4-6-13-10(8-9)12-5-3-7-17(2)15/h4,6,8H,3,5,7H2,1-2H3,(H,12,13). The van der Waals surface area contributed by atoms with Crippen LogP contribution >= 0.6 is 0 Å². The fraction of sp³-hybridized carbons (Fsp3) is 0.455. The van der Waals surface area contributed by atoms with Gasteiger partial charge in [-0.15, -0.1) is 0 Å². The van der Waals surface area contributed by atoms with E-state index in [0.29, 0.717) is 23.7 Å². The van der Waals surface area contributed by atoms with Crippen LogP contribution in [0.1, 0.15) is 16.8 Å². The molecule has 0 saturated heterocycles. The topological polar surface area (TPSA) is 68.3 Å². The molecule has 0 amide bonds. The Labute approximate surface area is 103 Å². The number of nitrogens with one attached hydrogen (secondary N) is 1. The van der Waals surface area contributed by atoms with Crippen LogP contribution in [-0.4, -0.2) is 40.8 Å². The molecule has 1 N–H and O–H groups in total. The second-order valence-electron chi connectivity index (χ2n) is 3.48. The number of pyridine rings is 1. The molecule has 1 atom stereocenters. The molecule has 0 bridgehead atoms. The highest BCUT2D eigenvalue weighted by Gasteiger charge is 2.05. The minimum Gasteiger partial charge on any atom is -0.465 e. The van der Waals surface area contributed by atoms with Crippen LogP contribution in [0.5, 0.6) is 0 Å². The normalized spacial score (nSPS) is 11.9. The summed E-state index contributed by atoms with van der Waals surface area (Å²) in [6, 6.07) is 3.23. The summed E-state index contributed by atoms with van der Waals surface area (Å²) in [7, 11) is 0.569. The van der Waals surface area contributed by atoms with Crippen molar-refractivity contribution in [3.8, 4) is 0 Å². The molecule has 0 aliphatic rings. The monoisotopic (exact) mass is 256 g/mol. The van der Waals surface area contributed by atoms with E-state index in [1.54, 1.807) is 24.6 Å². The number of nitrogens with zero attached hydrogens (tertiary/aromatic N) is 1. The zero-order valence-electron chi connectivity index (χ0n) is 9.93. The van der Waals surface area contributed by atoms with E-state index in [9.17, 15) is 9.00 Å². The second-order valence-corrected chi connectivity index (χ2v) is 5.03. The first-order chi connectivity index (χ1) is 8.13. The smallest absolute Gasteiger partial charge is 0.338 e. The number of esters is 1. The molecular weight excluding hydrogens is 240 g/mol. The lowest BCUT2D eigenvalue weighted by Gasteiger charge is -2.06. The molecule has 17 heavy (non-hydrogen) atoms. The van der Waals surface area contributed by atoms with Gasteiger partial charge in [0.15, 0.2) is 0 Å². The van der Waals surface area contributed by atoms with E-state index in [0.717, 1.165) is 6.42 Å². The number of aromatic nitrogens is 1. The van der Waals surface area contributed by atoms with E-state index in [1.165, 1.54) is 7.11 Å². The van der Waals surface area contributed by atoms with E-state index < -0.39 is 10.8 Å². The van der Waals surface area contributed by atoms with Crippen LogP contribution in [0.2, 0.25) is 0 Å². The van der Waals surface area contributed by atoms with Gasteiger partial charge in [0.2, 0.25) is 0 Å². The zero-order chi connectivity index (χ0) is 12.7. The fourth-order valence-electron chi connectivity index (χ4n) is 1.26. The lowest BCUT2D eigenvalue weighted by Crippen LogP contribution is -2.08. The minimum atomic E-state index is -0.771. The van der Waals surface area contributed by atoms with Crippen molar-refractivity contribution in [3.63, 3.8) is 0 Å². The van der Waals surface area contributed by atoms with Crippen LogP contribution < -0.4 is 5.32 Å². The summed E-state index contributed by atoms with van der Waals surface area (Å²) in [5.74, 6) is 0.892. The molecule has 0 spiro atoms. The van der Waals surface area contributed by atoms with E-state index in [1.807, 2.05) is 0 Å². The first-order valence-electron chi connectivity index (χ1n) is 5.21.